The summed E-state index contributed by atoms with van der Waals surface area (Å²) >= 11 is 7.78. The number of rotatable bonds is 4. The van der Waals surface area contributed by atoms with Crippen LogP contribution in [-0.2, 0) is 0 Å². The van der Waals surface area contributed by atoms with Crippen molar-refractivity contribution in [3.63, 3.8) is 0 Å². The molecule has 0 spiro atoms. The molecule has 1 unspecified atom stereocenters. The Morgan fingerprint density at radius 1 is 1.32 bits per heavy atom. The predicted octanol–water partition coefficient (Wildman–Crippen LogP) is 4.38. The highest BCUT2D eigenvalue weighted by atomic mass is 35.5. The van der Waals surface area contributed by atoms with Crippen molar-refractivity contribution in [3.05, 3.63) is 52.9 Å². The topological polar surface area (TPSA) is 56.7 Å². The molecule has 0 aliphatic heterocycles. The first kappa shape index (κ1) is 15.1. The van der Waals surface area contributed by atoms with E-state index in [-0.39, 0.29) is 5.25 Å². The van der Waals surface area contributed by atoms with Gasteiger partial charge >= 0.3 is 0 Å². The molecule has 3 aromatic rings. The number of halogens is 1. The summed E-state index contributed by atoms with van der Waals surface area (Å²) in [4.78, 5) is 8.70. The van der Waals surface area contributed by atoms with E-state index in [0.29, 0.717) is 11.7 Å². The summed E-state index contributed by atoms with van der Waals surface area (Å²) in [6.45, 7) is 5.82. The minimum atomic E-state index is 0.0156. The van der Waals surface area contributed by atoms with Crippen LogP contribution in [0.15, 0.2) is 40.3 Å². The van der Waals surface area contributed by atoms with Crippen LogP contribution in [0.3, 0.4) is 0 Å². The average Bonchev–Trinajstić information content (AvgIpc) is 3.11. The summed E-state index contributed by atoms with van der Waals surface area (Å²) in [5, 5.41) is 5.44. The van der Waals surface area contributed by atoms with Crippen molar-refractivity contribution in [2.45, 2.75) is 31.2 Å². The maximum atomic E-state index is 6.21. The van der Waals surface area contributed by atoms with Gasteiger partial charge in [-0.05, 0) is 38.5 Å². The lowest BCUT2D eigenvalue weighted by molar-refractivity contribution is 0.376. The van der Waals surface area contributed by atoms with E-state index in [9.17, 15) is 0 Å². The van der Waals surface area contributed by atoms with Crippen molar-refractivity contribution in [3.8, 4) is 5.69 Å². The van der Waals surface area contributed by atoms with Gasteiger partial charge in [-0.1, -0.05) is 34.6 Å². The monoisotopic (exact) mass is 334 g/mol. The fourth-order valence-corrected chi connectivity index (χ4v) is 3.18. The van der Waals surface area contributed by atoms with Crippen LogP contribution < -0.4 is 0 Å². The third kappa shape index (κ3) is 2.89. The van der Waals surface area contributed by atoms with Crippen molar-refractivity contribution in [1.82, 2.24) is 19.7 Å². The maximum absolute atomic E-state index is 6.21. The van der Waals surface area contributed by atoms with Crippen molar-refractivity contribution in [2.24, 2.45) is 0 Å². The third-order valence-corrected chi connectivity index (χ3v) is 4.76. The second-order valence-corrected chi connectivity index (χ2v) is 6.62. The Labute approximate surface area is 137 Å². The van der Waals surface area contributed by atoms with Gasteiger partial charge in [-0.25, -0.2) is 4.98 Å². The highest BCUT2D eigenvalue weighted by Crippen LogP contribution is 2.35. The fraction of sp³-hybridized carbons (Fsp3) is 0.267. The quantitative estimate of drug-likeness (QED) is 0.663. The molecule has 1 aromatic carbocycles. The lowest BCUT2D eigenvalue weighted by Gasteiger charge is -2.12. The van der Waals surface area contributed by atoms with Gasteiger partial charge in [0.1, 0.15) is 0 Å². The number of aryl methyl sites for hydroxylation is 1. The smallest absolute Gasteiger partial charge is 0.239 e. The standard InChI is InChI=1S/C15H15ClN4OS/c1-9-12(16)5-4-6-13(9)20-8-7-17-15(20)22-10(2)14-18-11(3)19-21-14/h4-8,10H,1-3H3. The van der Waals surface area contributed by atoms with Crippen LogP contribution in [0.2, 0.25) is 5.02 Å². The molecule has 0 amide bonds. The van der Waals surface area contributed by atoms with Crippen LogP contribution in [-0.4, -0.2) is 19.7 Å². The first-order chi connectivity index (χ1) is 10.6. The second-order valence-electron chi connectivity index (χ2n) is 4.90. The molecule has 0 aliphatic carbocycles. The first-order valence-corrected chi connectivity index (χ1v) is 8.07. The molecule has 22 heavy (non-hydrogen) atoms. The molecule has 1 atom stereocenters. The van der Waals surface area contributed by atoms with E-state index in [4.69, 9.17) is 16.1 Å². The highest BCUT2D eigenvalue weighted by Gasteiger charge is 2.18. The summed E-state index contributed by atoms with van der Waals surface area (Å²) in [5.41, 5.74) is 2.03. The molecule has 0 radical (unpaired) electrons. The first-order valence-electron chi connectivity index (χ1n) is 6.82. The molecule has 114 valence electrons. The lowest BCUT2D eigenvalue weighted by Crippen LogP contribution is -2.00. The van der Waals surface area contributed by atoms with Crippen LogP contribution in [0, 0.1) is 13.8 Å². The molecule has 0 saturated heterocycles. The minimum absolute atomic E-state index is 0.0156. The van der Waals surface area contributed by atoms with Gasteiger partial charge < -0.3 is 4.52 Å². The molecule has 7 heteroatoms. The summed E-state index contributed by atoms with van der Waals surface area (Å²) in [6, 6.07) is 5.84. The van der Waals surface area contributed by atoms with E-state index in [1.54, 1.807) is 24.9 Å². The molecule has 3 rings (SSSR count). The van der Waals surface area contributed by atoms with Crippen LogP contribution in [0.5, 0.6) is 0 Å². The van der Waals surface area contributed by atoms with Crippen molar-refractivity contribution < 1.29 is 4.52 Å². The van der Waals surface area contributed by atoms with E-state index in [2.05, 4.69) is 15.1 Å². The number of benzene rings is 1. The van der Waals surface area contributed by atoms with Gasteiger partial charge in [0, 0.05) is 17.4 Å². The highest BCUT2D eigenvalue weighted by molar-refractivity contribution is 7.99. The lowest BCUT2D eigenvalue weighted by atomic mass is 10.2. The number of hydrogen-bond acceptors (Lipinski definition) is 5. The molecule has 5 nitrogen and oxygen atoms in total. The van der Waals surface area contributed by atoms with Crippen molar-refractivity contribution >= 4 is 23.4 Å². The fourth-order valence-electron chi connectivity index (χ4n) is 2.10. The maximum Gasteiger partial charge on any atom is 0.239 e. The molecule has 0 saturated carbocycles. The van der Waals surface area contributed by atoms with Crippen LogP contribution in [0.1, 0.15) is 29.5 Å². The SMILES string of the molecule is Cc1noc(C(C)Sc2nccn2-c2cccc(Cl)c2C)n1. The number of thioether (sulfide) groups is 1. The number of nitrogens with zero attached hydrogens (tertiary/aromatic N) is 4. The molecular weight excluding hydrogens is 320 g/mol. The Kier molecular flexibility index (Phi) is 4.22. The zero-order valence-corrected chi connectivity index (χ0v) is 14.0. The third-order valence-electron chi connectivity index (χ3n) is 3.28. The zero-order chi connectivity index (χ0) is 15.7. The van der Waals surface area contributed by atoms with E-state index in [0.717, 1.165) is 21.4 Å². The van der Waals surface area contributed by atoms with E-state index in [1.807, 2.05) is 42.8 Å². The summed E-state index contributed by atoms with van der Waals surface area (Å²) < 4.78 is 7.24. The summed E-state index contributed by atoms with van der Waals surface area (Å²) in [5.74, 6) is 1.23. The second kappa shape index (κ2) is 6.14. The van der Waals surface area contributed by atoms with Gasteiger partial charge in [0.25, 0.3) is 0 Å². The van der Waals surface area contributed by atoms with E-state index >= 15 is 0 Å². The van der Waals surface area contributed by atoms with Gasteiger partial charge in [-0.3, -0.25) is 4.57 Å². The Bertz CT molecular complexity index is 798. The summed E-state index contributed by atoms with van der Waals surface area (Å²) in [6.07, 6.45) is 3.70. The Hall–Kier alpha value is -1.79. The van der Waals surface area contributed by atoms with Gasteiger partial charge in [-0.15, -0.1) is 0 Å². The van der Waals surface area contributed by atoms with Gasteiger partial charge in [0.15, 0.2) is 11.0 Å². The largest absolute Gasteiger partial charge is 0.338 e. The zero-order valence-electron chi connectivity index (χ0n) is 12.4. The van der Waals surface area contributed by atoms with Gasteiger partial charge in [0.05, 0.1) is 10.9 Å². The normalized spacial score (nSPS) is 12.5. The van der Waals surface area contributed by atoms with Crippen molar-refractivity contribution in [2.75, 3.05) is 0 Å². The molecule has 0 aliphatic rings. The number of hydrogen-bond donors (Lipinski definition) is 0. The molecule has 0 N–H and O–H groups in total. The van der Waals surface area contributed by atoms with Crippen LogP contribution in [0.4, 0.5) is 0 Å². The number of imidazole rings is 1. The van der Waals surface area contributed by atoms with Crippen LogP contribution >= 0.6 is 23.4 Å². The van der Waals surface area contributed by atoms with Gasteiger partial charge in [-0.2, -0.15) is 4.98 Å². The Balaban J connectivity index is 1.91. The van der Waals surface area contributed by atoms with Crippen LogP contribution in [0.25, 0.3) is 5.69 Å². The molecule has 2 aromatic heterocycles. The summed E-state index contributed by atoms with van der Waals surface area (Å²) in [7, 11) is 0. The van der Waals surface area contributed by atoms with E-state index in [1.165, 1.54) is 0 Å². The predicted molar refractivity (Wildman–Crippen MR) is 86.6 cm³/mol. The van der Waals surface area contributed by atoms with Crippen molar-refractivity contribution in [1.29, 1.82) is 0 Å². The molecule has 2 heterocycles. The number of aromatic nitrogens is 4. The Morgan fingerprint density at radius 3 is 2.86 bits per heavy atom. The minimum Gasteiger partial charge on any atom is -0.338 e. The molecule has 0 fully saturated rings. The molecular formula is C15H15ClN4OS. The Morgan fingerprint density at radius 2 is 2.14 bits per heavy atom. The van der Waals surface area contributed by atoms with Gasteiger partial charge in [0.2, 0.25) is 5.89 Å². The average molecular weight is 335 g/mol. The molecule has 0 bridgehead atoms. The van der Waals surface area contributed by atoms with E-state index < -0.39 is 0 Å².